The van der Waals surface area contributed by atoms with Crippen LogP contribution < -0.4 is 5.32 Å². The lowest BCUT2D eigenvalue weighted by Gasteiger charge is -2.11. The molecule has 1 aromatic rings. The molecular weight excluding hydrogens is 264 g/mol. The van der Waals surface area contributed by atoms with Crippen LogP contribution in [0.15, 0.2) is 24.3 Å². The van der Waals surface area contributed by atoms with Crippen molar-refractivity contribution >= 4 is 23.7 Å². The molecule has 20 heavy (non-hydrogen) atoms. The van der Waals surface area contributed by atoms with Gasteiger partial charge in [-0.3, -0.25) is 19.3 Å². The highest BCUT2D eigenvalue weighted by molar-refractivity contribution is 6.08. The van der Waals surface area contributed by atoms with Crippen LogP contribution in [0.2, 0.25) is 0 Å². The van der Waals surface area contributed by atoms with Crippen molar-refractivity contribution in [3.63, 3.8) is 0 Å². The predicted molar refractivity (Wildman–Crippen MR) is 67.0 cm³/mol. The standard InChI is InChI=1S/C13H12N2O5/c1-15-10(16)6-9(12(15)18)14-11(17)7-3-2-4-8(5-7)13(19)20/h2-5,9H,6H2,1H3,(H,14,17)(H,19,20). The van der Waals surface area contributed by atoms with E-state index >= 15 is 0 Å². The maximum atomic E-state index is 11.9. The summed E-state index contributed by atoms with van der Waals surface area (Å²) >= 11 is 0. The first-order valence-electron chi connectivity index (χ1n) is 5.85. The molecule has 0 aromatic heterocycles. The first kappa shape index (κ1) is 13.7. The minimum absolute atomic E-state index is 0.0245. The second kappa shape index (κ2) is 5.12. The van der Waals surface area contributed by atoms with Crippen molar-refractivity contribution < 1.29 is 24.3 Å². The molecule has 0 saturated carbocycles. The molecule has 1 unspecified atom stereocenters. The van der Waals surface area contributed by atoms with Crippen LogP contribution in [-0.4, -0.2) is 46.8 Å². The molecule has 7 nitrogen and oxygen atoms in total. The molecule has 2 rings (SSSR count). The van der Waals surface area contributed by atoms with E-state index in [-0.39, 0.29) is 23.5 Å². The second-order valence-electron chi connectivity index (χ2n) is 4.41. The fourth-order valence-corrected chi connectivity index (χ4v) is 1.90. The number of benzene rings is 1. The molecule has 0 bridgehead atoms. The van der Waals surface area contributed by atoms with Crippen LogP contribution in [0, 0.1) is 0 Å². The molecule has 1 aliphatic heterocycles. The third-order valence-electron chi connectivity index (χ3n) is 3.06. The second-order valence-corrected chi connectivity index (χ2v) is 4.41. The van der Waals surface area contributed by atoms with E-state index in [2.05, 4.69) is 5.32 Å². The molecule has 7 heteroatoms. The number of likely N-dealkylation sites (N-methyl/N-ethyl adjacent to an activating group) is 1. The molecule has 0 radical (unpaired) electrons. The Morgan fingerprint density at radius 1 is 1.30 bits per heavy atom. The highest BCUT2D eigenvalue weighted by Crippen LogP contribution is 2.12. The first-order valence-corrected chi connectivity index (χ1v) is 5.85. The number of carboxylic acid groups (broad SMARTS) is 1. The summed E-state index contributed by atoms with van der Waals surface area (Å²) in [6.45, 7) is 0. The fraction of sp³-hybridized carbons (Fsp3) is 0.231. The summed E-state index contributed by atoms with van der Waals surface area (Å²) in [5.74, 6) is -2.57. The zero-order valence-corrected chi connectivity index (χ0v) is 10.6. The quantitative estimate of drug-likeness (QED) is 0.748. The van der Waals surface area contributed by atoms with Crippen LogP contribution >= 0.6 is 0 Å². The summed E-state index contributed by atoms with van der Waals surface area (Å²) < 4.78 is 0. The molecular formula is C13H12N2O5. The van der Waals surface area contributed by atoms with Crippen molar-refractivity contribution in [1.82, 2.24) is 10.2 Å². The van der Waals surface area contributed by atoms with Crippen LogP contribution in [0.4, 0.5) is 0 Å². The van der Waals surface area contributed by atoms with Gasteiger partial charge in [-0.05, 0) is 18.2 Å². The maximum Gasteiger partial charge on any atom is 0.335 e. The summed E-state index contributed by atoms with van der Waals surface area (Å²) in [6, 6.07) is 4.55. The van der Waals surface area contributed by atoms with Gasteiger partial charge in [0.15, 0.2) is 0 Å². The minimum atomic E-state index is -1.15. The van der Waals surface area contributed by atoms with Gasteiger partial charge in [0, 0.05) is 12.6 Å². The highest BCUT2D eigenvalue weighted by Gasteiger charge is 2.37. The number of carboxylic acids is 1. The van der Waals surface area contributed by atoms with Crippen LogP contribution in [0.25, 0.3) is 0 Å². The van der Waals surface area contributed by atoms with Crippen molar-refractivity contribution in [2.45, 2.75) is 12.5 Å². The first-order chi connectivity index (χ1) is 9.40. The Labute approximate surface area is 114 Å². The summed E-state index contributed by atoms with van der Waals surface area (Å²) in [6.07, 6.45) is -0.0836. The van der Waals surface area contributed by atoms with Crippen molar-refractivity contribution in [2.24, 2.45) is 0 Å². The maximum absolute atomic E-state index is 11.9. The molecule has 2 N–H and O–H groups in total. The number of imide groups is 1. The molecule has 0 spiro atoms. The van der Waals surface area contributed by atoms with Gasteiger partial charge in [-0.15, -0.1) is 0 Å². The number of aromatic carboxylic acids is 1. The SMILES string of the molecule is CN1C(=O)CC(NC(=O)c2cccc(C(=O)O)c2)C1=O. The Hall–Kier alpha value is -2.70. The predicted octanol–water partition coefficient (Wildman–Crippen LogP) is -0.128. The molecule has 3 amide bonds. The Morgan fingerprint density at radius 2 is 1.95 bits per heavy atom. The lowest BCUT2D eigenvalue weighted by molar-refractivity contribution is -0.137. The molecule has 0 aliphatic carbocycles. The molecule has 104 valence electrons. The third-order valence-corrected chi connectivity index (χ3v) is 3.06. The average Bonchev–Trinajstić information content (AvgIpc) is 2.66. The van der Waals surface area contributed by atoms with E-state index in [1.54, 1.807) is 0 Å². The number of amides is 3. The Balaban J connectivity index is 2.13. The van der Waals surface area contributed by atoms with E-state index in [1.165, 1.54) is 31.3 Å². The Kier molecular flexibility index (Phi) is 3.51. The van der Waals surface area contributed by atoms with Gasteiger partial charge in [0.25, 0.3) is 11.8 Å². The normalized spacial score (nSPS) is 18.2. The fourth-order valence-electron chi connectivity index (χ4n) is 1.90. The zero-order valence-electron chi connectivity index (χ0n) is 10.6. The summed E-state index contributed by atoms with van der Waals surface area (Å²) in [5, 5.41) is 11.3. The Morgan fingerprint density at radius 3 is 2.50 bits per heavy atom. The van der Waals surface area contributed by atoms with Gasteiger partial charge in [0.2, 0.25) is 5.91 Å². The smallest absolute Gasteiger partial charge is 0.335 e. The number of hydrogen-bond acceptors (Lipinski definition) is 4. The van der Waals surface area contributed by atoms with Crippen LogP contribution in [-0.2, 0) is 9.59 Å². The highest BCUT2D eigenvalue weighted by atomic mass is 16.4. The van der Waals surface area contributed by atoms with Crippen LogP contribution in [0.3, 0.4) is 0 Å². The van der Waals surface area contributed by atoms with Crippen molar-refractivity contribution in [3.05, 3.63) is 35.4 Å². The topological polar surface area (TPSA) is 104 Å². The third kappa shape index (κ3) is 2.51. The number of likely N-dealkylation sites (tertiary alicyclic amines) is 1. The summed E-state index contributed by atoms with van der Waals surface area (Å²) in [7, 11) is 1.35. The van der Waals surface area contributed by atoms with E-state index in [4.69, 9.17) is 5.11 Å². The molecule has 1 aromatic carbocycles. The summed E-state index contributed by atoms with van der Waals surface area (Å²) in [4.78, 5) is 46.7. The Bertz CT molecular complexity index is 611. The lowest BCUT2D eigenvalue weighted by atomic mass is 10.1. The molecule has 1 aliphatic rings. The molecule has 1 saturated heterocycles. The number of hydrogen-bond donors (Lipinski definition) is 2. The largest absolute Gasteiger partial charge is 0.478 e. The zero-order chi connectivity index (χ0) is 14.9. The van der Waals surface area contributed by atoms with Gasteiger partial charge < -0.3 is 10.4 Å². The molecule has 1 heterocycles. The minimum Gasteiger partial charge on any atom is -0.478 e. The van der Waals surface area contributed by atoms with Gasteiger partial charge in [-0.1, -0.05) is 6.07 Å². The van der Waals surface area contributed by atoms with Gasteiger partial charge >= 0.3 is 5.97 Å². The molecule has 1 atom stereocenters. The van der Waals surface area contributed by atoms with Gasteiger partial charge in [-0.2, -0.15) is 0 Å². The number of nitrogens with one attached hydrogen (secondary N) is 1. The van der Waals surface area contributed by atoms with E-state index in [9.17, 15) is 19.2 Å². The number of carbonyl (C=O) groups excluding carboxylic acids is 3. The lowest BCUT2D eigenvalue weighted by Crippen LogP contribution is -2.40. The van der Waals surface area contributed by atoms with Gasteiger partial charge in [-0.25, -0.2) is 4.79 Å². The number of nitrogens with zero attached hydrogens (tertiary/aromatic N) is 1. The van der Waals surface area contributed by atoms with Gasteiger partial charge in [0.05, 0.1) is 12.0 Å². The van der Waals surface area contributed by atoms with Crippen LogP contribution in [0.5, 0.6) is 0 Å². The van der Waals surface area contributed by atoms with E-state index in [0.717, 1.165) is 4.90 Å². The average molecular weight is 276 g/mol. The van der Waals surface area contributed by atoms with Crippen LogP contribution in [0.1, 0.15) is 27.1 Å². The summed E-state index contributed by atoms with van der Waals surface area (Å²) in [5.41, 5.74) is 0.100. The van der Waals surface area contributed by atoms with E-state index < -0.39 is 23.8 Å². The van der Waals surface area contributed by atoms with E-state index in [1.807, 2.05) is 0 Å². The number of rotatable bonds is 3. The monoisotopic (exact) mass is 276 g/mol. The van der Waals surface area contributed by atoms with Crippen molar-refractivity contribution in [2.75, 3.05) is 7.05 Å². The van der Waals surface area contributed by atoms with E-state index in [0.29, 0.717) is 0 Å². The van der Waals surface area contributed by atoms with Crippen molar-refractivity contribution in [1.29, 1.82) is 0 Å². The van der Waals surface area contributed by atoms with Crippen molar-refractivity contribution in [3.8, 4) is 0 Å². The molecule has 1 fully saturated rings. The van der Waals surface area contributed by atoms with Gasteiger partial charge in [0.1, 0.15) is 6.04 Å². The number of carbonyl (C=O) groups is 4.